The summed E-state index contributed by atoms with van der Waals surface area (Å²) in [5, 5.41) is 0.592. The summed E-state index contributed by atoms with van der Waals surface area (Å²) in [6.07, 6.45) is 1.30. The lowest BCUT2D eigenvalue weighted by Crippen LogP contribution is -2.53. The molecule has 7 heteroatoms. The van der Waals surface area contributed by atoms with Crippen LogP contribution in [0.5, 0.6) is 0 Å². The Kier molecular flexibility index (Phi) is 2.77. The van der Waals surface area contributed by atoms with Gasteiger partial charge in [-0.25, -0.2) is 16.5 Å². The van der Waals surface area contributed by atoms with Crippen LogP contribution in [0.1, 0.15) is 20.2 Å². The number of piperidine rings is 1. The maximum atomic E-state index is 12.4. The molecule has 1 N–H and O–H groups in total. The summed E-state index contributed by atoms with van der Waals surface area (Å²) in [5.74, 6) is -1.06. The zero-order valence-electron chi connectivity index (χ0n) is 17.9. The third kappa shape index (κ3) is 2.84. The number of nitrogens with one attached hydrogen (secondary N) is 1. The van der Waals surface area contributed by atoms with Crippen molar-refractivity contribution in [2.45, 2.75) is 19.4 Å². The highest BCUT2D eigenvalue weighted by Crippen LogP contribution is 2.28. The van der Waals surface area contributed by atoms with Crippen molar-refractivity contribution >= 4 is 22.8 Å². The zero-order chi connectivity index (χ0) is 20.9. The Morgan fingerprint density at radius 2 is 2.52 bits per heavy atom. The van der Waals surface area contributed by atoms with Crippen molar-refractivity contribution in [3.63, 3.8) is 0 Å². The third-order valence-corrected chi connectivity index (χ3v) is 3.87. The monoisotopic (exact) mass is 317 g/mol. The summed E-state index contributed by atoms with van der Waals surface area (Å²) >= 11 is 0. The Bertz CT molecular complexity index is 955. The molecule has 0 aliphatic carbocycles. The first-order chi connectivity index (χ1) is 13.0. The number of aromatic nitrogens is 3. The van der Waals surface area contributed by atoms with E-state index in [1.807, 2.05) is 0 Å². The molecule has 1 fully saturated rings. The lowest BCUT2D eigenvalue weighted by molar-refractivity contribution is -0.130. The number of hydrogen-bond donors (Lipinski definition) is 1. The molecule has 2 aromatic rings. The average Bonchev–Trinajstić information content (AvgIpc) is 2.99. The highest BCUT2D eigenvalue weighted by Gasteiger charge is 2.33. The summed E-state index contributed by atoms with van der Waals surface area (Å²) in [6.45, 7) is 3.35. The largest absolute Gasteiger partial charge is 0.354 e. The third-order valence-electron chi connectivity index (χ3n) is 3.87. The highest BCUT2D eigenvalue weighted by atomic mass is 16.2. The van der Waals surface area contributed by atoms with E-state index in [2.05, 4.69) is 19.8 Å². The summed E-state index contributed by atoms with van der Waals surface area (Å²) < 4.78 is 41.5. The topological polar surface area (TPSA) is 69.5 Å². The first kappa shape index (κ1) is 10.2. The van der Waals surface area contributed by atoms with Gasteiger partial charge < -0.3 is 19.6 Å². The van der Waals surface area contributed by atoms with Crippen molar-refractivity contribution in [2.75, 3.05) is 31.5 Å². The Morgan fingerprint density at radius 1 is 1.70 bits per heavy atom. The lowest BCUT2D eigenvalue weighted by Gasteiger charge is -2.41. The summed E-state index contributed by atoms with van der Waals surface area (Å²) in [7, 11) is 1.60. The smallest absolute Gasteiger partial charge is 0.302 e. The van der Waals surface area contributed by atoms with Gasteiger partial charge in [0.25, 0.3) is 6.54 Å². The number of rotatable bonds is 3. The number of aromatic amines is 1. The highest BCUT2D eigenvalue weighted by molar-refractivity contribution is 5.87. The van der Waals surface area contributed by atoms with Gasteiger partial charge in [-0.2, -0.15) is 0 Å². The van der Waals surface area contributed by atoms with Crippen molar-refractivity contribution in [1.29, 1.82) is 0 Å². The normalized spacial score (nSPS) is 28.7. The second kappa shape index (κ2) is 6.24. The van der Waals surface area contributed by atoms with Gasteiger partial charge in [0.1, 0.15) is 19.1 Å². The zero-order valence-corrected chi connectivity index (χ0v) is 12.9. The van der Waals surface area contributed by atoms with E-state index in [1.54, 1.807) is 26.2 Å². The first-order valence-corrected chi connectivity index (χ1v) is 7.21. The number of anilines is 1. The Hall–Kier alpha value is -2.62. The quantitative estimate of drug-likeness (QED) is 0.872. The molecule has 0 spiro atoms. The molecule has 23 heavy (non-hydrogen) atoms. The van der Waals surface area contributed by atoms with Crippen LogP contribution in [0.2, 0.25) is 0 Å². The number of hydrogen-bond acceptors (Lipinski definition) is 4. The fourth-order valence-corrected chi connectivity index (χ4v) is 2.64. The SMILES string of the molecule is [2H]c1nc(N(C)[C@@H]2[C@H](C)CC([2H])([2H])N(C(=O)C[N+]#[C-])C2([2H])[2H])c2cc[nH]c2n1. The number of amides is 1. The van der Waals surface area contributed by atoms with Crippen LogP contribution in [0.15, 0.2) is 18.6 Å². The van der Waals surface area contributed by atoms with Crippen molar-refractivity contribution in [3.05, 3.63) is 30.0 Å². The van der Waals surface area contributed by atoms with Crippen LogP contribution in [0.25, 0.3) is 15.9 Å². The van der Waals surface area contributed by atoms with E-state index in [-0.39, 0.29) is 12.7 Å². The molecule has 1 aliphatic rings. The number of carbonyl (C=O) groups is 1. The second-order valence-corrected chi connectivity index (χ2v) is 5.46. The summed E-state index contributed by atoms with van der Waals surface area (Å²) in [5.41, 5.74) is 0.433. The van der Waals surface area contributed by atoms with Gasteiger partial charge in [0.05, 0.1) is 14.2 Å². The van der Waals surface area contributed by atoms with Crippen LogP contribution in [0.3, 0.4) is 0 Å². The molecule has 0 saturated carbocycles. The minimum absolute atomic E-state index is 0.0969. The van der Waals surface area contributed by atoms with Gasteiger partial charge in [-0.3, -0.25) is 4.79 Å². The number of fused-ring (bicyclic) bond motifs is 1. The lowest BCUT2D eigenvalue weighted by atomic mass is 9.92. The maximum Gasteiger partial charge on any atom is 0.302 e. The van der Waals surface area contributed by atoms with Crippen molar-refractivity contribution in [1.82, 2.24) is 19.9 Å². The van der Waals surface area contributed by atoms with E-state index in [0.717, 1.165) is 0 Å². The van der Waals surface area contributed by atoms with Crippen molar-refractivity contribution in [3.8, 4) is 0 Å². The maximum absolute atomic E-state index is 12.4. The van der Waals surface area contributed by atoms with E-state index in [0.29, 0.717) is 21.8 Å². The Balaban J connectivity index is 2.10. The molecule has 0 aromatic carbocycles. The van der Waals surface area contributed by atoms with Crippen LogP contribution in [-0.2, 0) is 4.79 Å². The molecule has 7 nitrogen and oxygen atoms in total. The van der Waals surface area contributed by atoms with Crippen LogP contribution < -0.4 is 4.90 Å². The van der Waals surface area contributed by atoms with Crippen molar-refractivity contribution < 1.29 is 11.6 Å². The average molecular weight is 317 g/mol. The van der Waals surface area contributed by atoms with Crippen molar-refractivity contribution in [2.24, 2.45) is 5.92 Å². The van der Waals surface area contributed by atoms with E-state index in [9.17, 15) is 4.79 Å². The number of H-pyrrole nitrogens is 1. The molecule has 0 unspecified atom stereocenters. The number of nitrogens with zero attached hydrogens (tertiary/aromatic N) is 5. The van der Waals surface area contributed by atoms with Gasteiger partial charge in [0, 0.05) is 29.0 Å². The molecular weight excluding hydrogens is 292 g/mol. The number of carbonyl (C=O) groups excluding carboxylic acids is 1. The van der Waals surface area contributed by atoms with E-state index in [1.165, 1.54) is 4.90 Å². The fourth-order valence-electron chi connectivity index (χ4n) is 2.64. The van der Waals surface area contributed by atoms with Crippen LogP contribution in [-0.4, -0.2) is 58.4 Å². The van der Waals surface area contributed by atoms with E-state index >= 15 is 0 Å². The first-order valence-electron chi connectivity index (χ1n) is 9.71. The molecule has 2 atom stereocenters. The summed E-state index contributed by atoms with van der Waals surface area (Å²) in [4.78, 5) is 28.5. The summed E-state index contributed by atoms with van der Waals surface area (Å²) in [6, 6.07) is 0.767. The molecule has 0 radical (unpaired) electrons. The molecule has 3 heterocycles. The minimum atomic E-state index is -2.41. The number of likely N-dealkylation sites (tertiary alicyclic amines) is 1. The van der Waals surface area contributed by atoms with E-state index in [4.69, 9.17) is 13.4 Å². The van der Waals surface area contributed by atoms with Gasteiger partial charge in [0.15, 0.2) is 0 Å². The predicted molar refractivity (Wildman–Crippen MR) is 87.9 cm³/mol. The van der Waals surface area contributed by atoms with Gasteiger partial charge in [-0.15, -0.1) is 0 Å². The molecule has 1 saturated heterocycles. The van der Waals surface area contributed by atoms with Gasteiger partial charge in [0.2, 0.25) is 0 Å². The van der Waals surface area contributed by atoms with Crippen LogP contribution in [0, 0.1) is 12.5 Å². The van der Waals surface area contributed by atoms with Gasteiger partial charge in [-0.1, -0.05) is 6.92 Å². The fraction of sp³-hybridized carbons (Fsp3) is 0.500. The molecule has 0 bridgehead atoms. The molecular formula is C16H20N6O. The number of likely N-dealkylation sites (N-methyl/N-ethyl adjacent to an activating group) is 1. The molecule has 120 valence electrons. The van der Waals surface area contributed by atoms with Gasteiger partial charge in [-0.05, 0) is 18.4 Å². The van der Waals surface area contributed by atoms with Gasteiger partial charge >= 0.3 is 5.91 Å². The van der Waals surface area contributed by atoms with Crippen LogP contribution >= 0.6 is 0 Å². The minimum Gasteiger partial charge on any atom is -0.354 e. The Morgan fingerprint density at radius 3 is 3.30 bits per heavy atom. The molecule has 1 amide bonds. The molecule has 3 rings (SSSR count). The second-order valence-electron chi connectivity index (χ2n) is 5.46. The predicted octanol–water partition coefficient (Wildman–Crippen LogP) is 1.55. The van der Waals surface area contributed by atoms with E-state index < -0.39 is 37.4 Å². The Labute approximate surface area is 142 Å². The molecule has 1 aliphatic heterocycles. The molecule has 2 aromatic heterocycles. The van der Waals surface area contributed by atoms with Crippen LogP contribution in [0.4, 0.5) is 5.82 Å². The standard InChI is InChI=1S/C16H20N6O/c1-11-5-7-22(14(23)8-17-2)9-13(11)21(3)16-12-4-6-18-15(12)19-10-20-16/h4,6,10-11,13H,5,7-9H2,1,3H3,(H,18,19,20)/t11-,13+/m1/s1/i7D2,9D2,10D.